The van der Waals surface area contributed by atoms with Gasteiger partial charge in [0.25, 0.3) is 0 Å². The summed E-state index contributed by atoms with van der Waals surface area (Å²) in [6.07, 6.45) is 0. The molecule has 1 saturated heterocycles. The maximum absolute atomic E-state index is 12.8. The topological polar surface area (TPSA) is 48.0 Å². The summed E-state index contributed by atoms with van der Waals surface area (Å²) in [7, 11) is 0. The second-order valence-electron chi connectivity index (χ2n) is 5.89. The molecule has 21 heavy (non-hydrogen) atoms. The van der Waals surface area contributed by atoms with Crippen LogP contribution in [-0.4, -0.2) is 50.3 Å². The molecule has 0 radical (unpaired) electrons. The molecule has 0 aromatic heterocycles. The van der Waals surface area contributed by atoms with E-state index < -0.39 is 5.41 Å². The largest absolute Gasteiger partial charge is 0.486 e. The van der Waals surface area contributed by atoms with Crippen molar-refractivity contribution < 1.29 is 19.0 Å². The van der Waals surface area contributed by atoms with Gasteiger partial charge in [-0.1, -0.05) is 6.07 Å². The molecular weight excluding hydrogens is 270 g/mol. The van der Waals surface area contributed by atoms with Gasteiger partial charge in [-0.25, -0.2) is 0 Å². The Kier molecular flexibility index (Phi) is 3.76. The van der Waals surface area contributed by atoms with Crippen LogP contribution < -0.4 is 9.47 Å². The van der Waals surface area contributed by atoms with Crippen LogP contribution >= 0.6 is 0 Å². The summed E-state index contributed by atoms with van der Waals surface area (Å²) < 4.78 is 16.5. The zero-order valence-electron chi connectivity index (χ0n) is 12.6. The summed E-state index contributed by atoms with van der Waals surface area (Å²) >= 11 is 0. The number of carbonyl (C=O) groups excluding carboxylic acids is 1. The Hall–Kier alpha value is -1.75. The van der Waals surface area contributed by atoms with Gasteiger partial charge in [-0.2, -0.15) is 0 Å². The Labute approximate surface area is 124 Å². The van der Waals surface area contributed by atoms with Gasteiger partial charge in [0.05, 0.1) is 18.6 Å². The molecule has 2 aliphatic rings. The van der Waals surface area contributed by atoms with Gasteiger partial charge in [0.15, 0.2) is 11.5 Å². The third-order valence-corrected chi connectivity index (χ3v) is 4.10. The smallest absolute Gasteiger partial charge is 0.232 e. The number of carbonyl (C=O) groups is 1. The number of hydrogen-bond acceptors (Lipinski definition) is 4. The lowest BCUT2D eigenvalue weighted by Gasteiger charge is -2.35. The zero-order chi connectivity index (χ0) is 14.9. The number of amides is 1. The first-order valence-electron chi connectivity index (χ1n) is 7.36. The molecule has 5 nitrogen and oxygen atoms in total. The average molecular weight is 291 g/mol. The van der Waals surface area contributed by atoms with E-state index in [0.29, 0.717) is 39.5 Å². The van der Waals surface area contributed by atoms with Crippen LogP contribution in [-0.2, 0) is 14.9 Å². The molecule has 1 amide bonds. The maximum Gasteiger partial charge on any atom is 0.232 e. The fourth-order valence-electron chi connectivity index (χ4n) is 2.72. The van der Waals surface area contributed by atoms with Crippen LogP contribution in [0.3, 0.4) is 0 Å². The zero-order valence-corrected chi connectivity index (χ0v) is 12.6. The highest BCUT2D eigenvalue weighted by Crippen LogP contribution is 2.36. The quantitative estimate of drug-likeness (QED) is 0.830. The van der Waals surface area contributed by atoms with Crippen molar-refractivity contribution >= 4 is 5.91 Å². The molecule has 1 aromatic rings. The Bertz CT molecular complexity index is 535. The van der Waals surface area contributed by atoms with Gasteiger partial charge in [-0.3, -0.25) is 4.79 Å². The van der Waals surface area contributed by atoms with E-state index in [-0.39, 0.29) is 5.91 Å². The van der Waals surface area contributed by atoms with Crippen molar-refractivity contribution in [1.29, 1.82) is 0 Å². The fourth-order valence-corrected chi connectivity index (χ4v) is 2.72. The van der Waals surface area contributed by atoms with Gasteiger partial charge < -0.3 is 19.1 Å². The Morgan fingerprint density at radius 2 is 1.71 bits per heavy atom. The molecule has 5 heteroatoms. The summed E-state index contributed by atoms with van der Waals surface area (Å²) in [5.74, 6) is 1.60. The molecule has 0 aliphatic carbocycles. The van der Waals surface area contributed by atoms with E-state index in [1.54, 1.807) is 0 Å². The maximum atomic E-state index is 12.8. The molecular formula is C16H21NO4. The van der Waals surface area contributed by atoms with Gasteiger partial charge in [0.1, 0.15) is 13.2 Å². The molecule has 2 heterocycles. The highest BCUT2D eigenvalue weighted by atomic mass is 16.6. The van der Waals surface area contributed by atoms with Gasteiger partial charge >= 0.3 is 0 Å². The number of morpholine rings is 1. The summed E-state index contributed by atoms with van der Waals surface area (Å²) in [5, 5.41) is 0. The lowest BCUT2D eigenvalue weighted by Crippen LogP contribution is -2.48. The molecule has 2 aliphatic heterocycles. The van der Waals surface area contributed by atoms with E-state index in [0.717, 1.165) is 17.1 Å². The standard InChI is InChI=1S/C16H21NO4/c1-16(2,15(18)17-5-7-19-8-6-17)12-3-4-13-14(11-12)21-10-9-20-13/h3-4,11H,5-10H2,1-2H3. The van der Waals surface area contributed by atoms with Crippen LogP contribution in [0, 0.1) is 0 Å². The van der Waals surface area contributed by atoms with Crippen LogP contribution in [0.2, 0.25) is 0 Å². The van der Waals surface area contributed by atoms with Gasteiger partial charge in [-0.15, -0.1) is 0 Å². The SMILES string of the molecule is CC(C)(C(=O)N1CCOCC1)c1ccc2c(c1)OCCO2. The average Bonchev–Trinajstić information content (AvgIpc) is 2.54. The lowest BCUT2D eigenvalue weighted by atomic mass is 9.82. The molecule has 0 N–H and O–H groups in total. The van der Waals surface area contributed by atoms with E-state index in [4.69, 9.17) is 14.2 Å². The molecule has 0 spiro atoms. The number of fused-ring (bicyclic) bond motifs is 1. The summed E-state index contributed by atoms with van der Waals surface area (Å²) in [4.78, 5) is 14.7. The summed E-state index contributed by atoms with van der Waals surface area (Å²) in [6.45, 7) is 7.58. The molecule has 0 bridgehead atoms. The third-order valence-electron chi connectivity index (χ3n) is 4.10. The molecule has 1 fully saturated rings. The number of nitrogens with zero attached hydrogens (tertiary/aromatic N) is 1. The Morgan fingerprint density at radius 3 is 2.43 bits per heavy atom. The predicted octanol–water partition coefficient (Wildman–Crippen LogP) is 1.59. The van der Waals surface area contributed by atoms with Crippen LogP contribution in [0.15, 0.2) is 18.2 Å². The minimum absolute atomic E-state index is 0.127. The predicted molar refractivity (Wildman–Crippen MR) is 77.9 cm³/mol. The Balaban J connectivity index is 1.84. The van der Waals surface area contributed by atoms with Crippen molar-refractivity contribution in [3.8, 4) is 11.5 Å². The van der Waals surface area contributed by atoms with Gasteiger partial charge in [0.2, 0.25) is 5.91 Å². The highest BCUT2D eigenvalue weighted by molar-refractivity contribution is 5.87. The van der Waals surface area contributed by atoms with E-state index in [9.17, 15) is 4.79 Å². The lowest BCUT2D eigenvalue weighted by molar-refractivity contribution is -0.140. The van der Waals surface area contributed by atoms with E-state index in [1.807, 2.05) is 36.9 Å². The highest BCUT2D eigenvalue weighted by Gasteiger charge is 2.35. The van der Waals surface area contributed by atoms with Crippen molar-refractivity contribution in [3.63, 3.8) is 0 Å². The van der Waals surface area contributed by atoms with Crippen molar-refractivity contribution in [3.05, 3.63) is 23.8 Å². The minimum atomic E-state index is -0.590. The first-order chi connectivity index (χ1) is 10.1. The first-order valence-corrected chi connectivity index (χ1v) is 7.36. The molecule has 3 rings (SSSR count). The second kappa shape index (κ2) is 5.56. The van der Waals surface area contributed by atoms with Gasteiger partial charge in [-0.05, 0) is 31.5 Å². The van der Waals surface area contributed by atoms with Crippen LogP contribution in [0.4, 0.5) is 0 Å². The number of rotatable bonds is 2. The van der Waals surface area contributed by atoms with E-state index in [2.05, 4.69) is 0 Å². The van der Waals surface area contributed by atoms with Crippen molar-refractivity contribution in [2.75, 3.05) is 39.5 Å². The molecule has 114 valence electrons. The van der Waals surface area contributed by atoms with Crippen molar-refractivity contribution in [2.45, 2.75) is 19.3 Å². The molecule has 0 saturated carbocycles. The summed E-state index contributed by atoms with van der Waals surface area (Å²) in [6, 6.07) is 5.76. The number of hydrogen-bond donors (Lipinski definition) is 0. The van der Waals surface area contributed by atoms with E-state index >= 15 is 0 Å². The number of ether oxygens (including phenoxy) is 3. The fraction of sp³-hybridized carbons (Fsp3) is 0.562. The van der Waals surface area contributed by atoms with Crippen LogP contribution in [0.1, 0.15) is 19.4 Å². The first kappa shape index (κ1) is 14.2. The monoisotopic (exact) mass is 291 g/mol. The van der Waals surface area contributed by atoms with Crippen molar-refractivity contribution in [1.82, 2.24) is 4.90 Å². The van der Waals surface area contributed by atoms with Crippen molar-refractivity contribution in [2.24, 2.45) is 0 Å². The molecule has 0 atom stereocenters. The minimum Gasteiger partial charge on any atom is -0.486 e. The van der Waals surface area contributed by atoms with Crippen LogP contribution in [0.25, 0.3) is 0 Å². The van der Waals surface area contributed by atoms with Crippen LogP contribution in [0.5, 0.6) is 11.5 Å². The molecule has 1 aromatic carbocycles. The van der Waals surface area contributed by atoms with E-state index in [1.165, 1.54) is 0 Å². The second-order valence-corrected chi connectivity index (χ2v) is 5.89. The number of benzene rings is 1. The third kappa shape index (κ3) is 2.70. The Morgan fingerprint density at radius 1 is 1.05 bits per heavy atom. The molecule has 0 unspecified atom stereocenters. The summed E-state index contributed by atoms with van der Waals surface area (Å²) in [5.41, 5.74) is 0.357. The van der Waals surface area contributed by atoms with Gasteiger partial charge in [0, 0.05) is 13.1 Å². The normalized spacial score (nSPS) is 18.5.